The largest absolute Gasteiger partial charge is 0.493 e. The van der Waals surface area contributed by atoms with Crippen LogP contribution in [0.15, 0.2) is 48.5 Å². The van der Waals surface area contributed by atoms with Crippen molar-refractivity contribution in [1.29, 1.82) is 0 Å². The zero-order chi connectivity index (χ0) is 16.7. The molecule has 0 aliphatic heterocycles. The Kier molecular flexibility index (Phi) is 5.94. The normalized spacial score (nSPS) is 11.7. The van der Waals surface area contributed by atoms with Crippen LogP contribution in [0.4, 0.5) is 0 Å². The van der Waals surface area contributed by atoms with Gasteiger partial charge in [-0.1, -0.05) is 36.4 Å². The van der Waals surface area contributed by atoms with Crippen molar-refractivity contribution < 1.29 is 19.1 Å². The molecule has 0 heterocycles. The van der Waals surface area contributed by atoms with E-state index in [4.69, 9.17) is 14.2 Å². The summed E-state index contributed by atoms with van der Waals surface area (Å²) in [5.74, 6) is 1.10. The Hall–Kier alpha value is -2.60. The topological polar surface area (TPSA) is 70.8 Å². The second-order valence-electron chi connectivity index (χ2n) is 4.92. The summed E-state index contributed by atoms with van der Waals surface area (Å²) in [5, 5.41) is 10.7. The van der Waals surface area contributed by atoms with Crippen molar-refractivity contribution in [2.75, 3.05) is 20.8 Å². The van der Waals surface area contributed by atoms with Gasteiger partial charge in [0.1, 0.15) is 12.7 Å². The summed E-state index contributed by atoms with van der Waals surface area (Å²) < 4.78 is 16.3. The Morgan fingerprint density at radius 3 is 2.43 bits per heavy atom. The molecular weight excluding hydrogens is 298 g/mol. The Morgan fingerprint density at radius 2 is 1.83 bits per heavy atom. The first-order valence-corrected chi connectivity index (χ1v) is 7.13. The average molecular weight is 317 g/mol. The lowest BCUT2D eigenvalue weighted by molar-refractivity contribution is -0.492. The van der Waals surface area contributed by atoms with Crippen molar-refractivity contribution in [3.8, 4) is 11.5 Å². The highest BCUT2D eigenvalue weighted by atomic mass is 16.6. The third kappa shape index (κ3) is 4.69. The smallest absolute Gasteiger partial charge is 0.233 e. The van der Waals surface area contributed by atoms with Gasteiger partial charge in [-0.15, -0.1) is 0 Å². The van der Waals surface area contributed by atoms with Gasteiger partial charge in [0.15, 0.2) is 11.5 Å². The van der Waals surface area contributed by atoms with Gasteiger partial charge in [-0.2, -0.15) is 0 Å². The van der Waals surface area contributed by atoms with Crippen LogP contribution < -0.4 is 9.47 Å². The van der Waals surface area contributed by atoms with Crippen molar-refractivity contribution in [3.05, 3.63) is 69.8 Å². The molecule has 0 N–H and O–H groups in total. The van der Waals surface area contributed by atoms with Crippen molar-refractivity contribution >= 4 is 0 Å². The fourth-order valence-corrected chi connectivity index (χ4v) is 2.19. The molecule has 23 heavy (non-hydrogen) atoms. The minimum absolute atomic E-state index is 0.302. The van der Waals surface area contributed by atoms with Gasteiger partial charge in [-0.25, -0.2) is 0 Å². The fourth-order valence-electron chi connectivity index (χ4n) is 2.19. The molecule has 2 aromatic rings. The van der Waals surface area contributed by atoms with E-state index >= 15 is 0 Å². The molecule has 1 unspecified atom stereocenters. The highest BCUT2D eigenvalue weighted by Gasteiger charge is 2.19. The van der Waals surface area contributed by atoms with Crippen molar-refractivity contribution in [2.24, 2.45) is 0 Å². The van der Waals surface area contributed by atoms with E-state index in [0.717, 1.165) is 5.56 Å². The highest BCUT2D eigenvalue weighted by Crippen LogP contribution is 2.31. The molecule has 122 valence electrons. The molecule has 0 bridgehead atoms. The van der Waals surface area contributed by atoms with E-state index < -0.39 is 11.0 Å². The van der Waals surface area contributed by atoms with Gasteiger partial charge >= 0.3 is 0 Å². The molecule has 2 rings (SSSR count). The molecule has 0 fully saturated rings. The van der Waals surface area contributed by atoms with Crippen LogP contribution in [0.5, 0.6) is 11.5 Å². The van der Waals surface area contributed by atoms with E-state index in [0.29, 0.717) is 23.7 Å². The van der Waals surface area contributed by atoms with Crippen molar-refractivity contribution in [1.82, 2.24) is 0 Å². The lowest BCUT2D eigenvalue weighted by atomic mass is 10.1. The van der Waals surface area contributed by atoms with Gasteiger partial charge < -0.3 is 14.2 Å². The predicted molar refractivity (Wildman–Crippen MR) is 85.4 cm³/mol. The summed E-state index contributed by atoms with van der Waals surface area (Å²) >= 11 is 0. The van der Waals surface area contributed by atoms with E-state index in [2.05, 4.69) is 0 Å². The van der Waals surface area contributed by atoms with Crippen LogP contribution in [0.25, 0.3) is 0 Å². The quantitative estimate of drug-likeness (QED) is 0.552. The number of nitro groups is 1. The molecule has 2 aromatic carbocycles. The van der Waals surface area contributed by atoms with Crippen LogP contribution in [0.3, 0.4) is 0 Å². The molecule has 1 atom stereocenters. The number of rotatable bonds is 8. The van der Waals surface area contributed by atoms with Gasteiger partial charge in [-0.3, -0.25) is 10.1 Å². The van der Waals surface area contributed by atoms with Gasteiger partial charge in [-0.05, 0) is 23.3 Å². The lowest BCUT2D eigenvalue weighted by Crippen LogP contribution is -2.14. The Labute approximate surface area is 134 Å². The Balaban J connectivity index is 2.14. The fraction of sp³-hybridized carbons (Fsp3) is 0.294. The molecular formula is C17H19NO5. The lowest BCUT2D eigenvalue weighted by Gasteiger charge is -2.15. The first kappa shape index (κ1) is 16.8. The van der Waals surface area contributed by atoms with Gasteiger partial charge in [0.05, 0.1) is 7.11 Å². The molecule has 0 aliphatic rings. The third-order valence-corrected chi connectivity index (χ3v) is 3.40. The summed E-state index contributed by atoms with van der Waals surface area (Å²) in [6, 6.07) is 15.0. The van der Waals surface area contributed by atoms with Crippen LogP contribution >= 0.6 is 0 Å². The van der Waals surface area contributed by atoms with Crippen molar-refractivity contribution in [2.45, 2.75) is 12.7 Å². The maximum atomic E-state index is 10.7. The summed E-state index contributed by atoms with van der Waals surface area (Å²) in [4.78, 5) is 10.3. The molecule has 6 heteroatoms. The summed E-state index contributed by atoms with van der Waals surface area (Å²) in [6.45, 7) is 0.114. The standard InChI is InChI=1S/C17H19NO5/c1-21-16-10-14(17(22-2)11-18(19)20)8-9-15(16)23-12-13-6-4-3-5-7-13/h3-10,17H,11-12H2,1-2H3. The summed E-state index contributed by atoms with van der Waals surface area (Å²) in [7, 11) is 2.98. The van der Waals surface area contributed by atoms with Gasteiger partial charge in [0, 0.05) is 12.0 Å². The van der Waals surface area contributed by atoms with Crippen LogP contribution in [0, 0.1) is 10.1 Å². The molecule has 0 radical (unpaired) electrons. The Bertz CT molecular complexity index is 645. The number of methoxy groups -OCH3 is 2. The predicted octanol–water partition coefficient (Wildman–Crippen LogP) is 3.24. The maximum absolute atomic E-state index is 10.7. The zero-order valence-electron chi connectivity index (χ0n) is 13.1. The SMILES string of the molecule is COc1cc(C(C[N+](=O)[O-])OC)ccc1OCc1ccccc1. The molecule has 0 saturated heterocycles. The van der Waals surface area contributed by atoms with E-state index in [-0.39, 0.29) is 6.54 Å². The number of hydrogen-bond acceptors (Lipinski definition) is 5. The second-order valence-corrected chi connectivity index (χ2v) is 4.92. The molecule has 6 nitrogen and oxygen atoms in total. The number of benzene rings is 2. The molecule has 0 amide bonds. The first-order chi connectivity index (χ1) is 11.1. The number of ether oxygens (including phenoxy) is 3. The monoisotopic (exact) mass is 317 g/mol. The summed E-state index contributed by atoms with van der Waals surface area (Å²) in [6.07, 6.45) is -0.623. The van der Waals surface area contributed by atoms with E-state index in [1.807, 2.05) is 30.3 Å². The second kappa shape index (κ2) is 8.14. The number of hydrogen-bond donors (Lipinski definition) is 0. The minimum atomic E-state index is -0.623. The van der Waals surface area contributed by atoms with E-state index in [9.17, 15) is 10.1 Å². The van der Waals surface area contributed by atoms with Crippen LogP contribution in [-0.4, -0.2) is 25.7 Å². The van der Waals surface area contributed by atoms with E-state index in [1.165, 1.54) is 14.2 Å². The minimum Gasteiger partial charge on any atom is -0.493 e. The van der Waals surface area contributed by atoms with E-state index in [1.54, 1.807) is 18.2 Å². The van der Waals surface area contributed by atoms with Crippen LogP contribution in [0.2, 0.25) is 0 Å². The first-order valence-electron chi connectivity index (χ1n) is 7.13. The number of nitrogens with zero attached hydrogens (tertiary/aromatic N) is 1. The third-order valence-electron chi connectivity index (χ3n) is 3.40. The molecule has 0 aromatic heterocycles. The highest BCUT2D eigenvalue weighted by molar-refractivity contribution is 5.43. The zero-order valence-corrected chi connectivity index (χ0v) is 13.1. The summed E-state index contributed by atoms with van der Waals surface area (Å²) in [5.41, 5.74) is 1.72. The van der Waals surface area contributed by atoms with Crippen molar-refractivity contribution in [3.63, 3.8) is 0 Å². The van der Waals surface area contributed by atoms with Gasteiger partial charge in [0.25, 0.3) is 0 Å². The van der Waals surface area contributed by atoms with Crippen LogP contribution in [0.1, 0.15) is 17.2 Å². The van der Waals surface area contributed by atoms with Gasteiger partial charge in [0.2, 0.25) is 6.54 Å². The molecule has 0 aliphatic carbocycles. The Morgan fingerprint density at radius 1 is 1.09 bits per heavy atom. The average Bonchev–Trinajstić information content (AvgIpc) is 2.58. The molecule has 0 spiro atoms. The van der Waals surface area contributed by atoms with Crippen LogP contribution in [-0.2, 0) is 11.3 Å². The molecule has 0 saturated carbocycles. The maximum Gasteiger partial charge on any atom is 0.233 e.